The quantitative estimate of drug-likeness (QED) is 0.216. The number of aryl methyl sites for hydroxylation is 1. The van der Waals surface area contributed by atoms with Crippen LogP contribution < -0.4 is 10.9 Å². The van der Waals surface area contributed by atoms with E-state index >= 15 is 0 Å². The van der Waals surface area contributed by atoms with E-state index in [0.29, 0.717) is 27.9 Å². The monoisotopic (exact) mass is 545 g/mol. The van der Waals surface area contributed by atoms with E-state index < -0.39 is 0 Å². The van der Waals surface area contributed by atoms with Crippen LogP contribution in [0, 0.1) is 13.8 Å². The summed E-state index contributed by atoms with van der Waals surface area (Å²) < 4.78 is 3.53. The van der Waals surface area contributed by atoms with Gasteiger partial charge in [-0.2, -0.15) is 5.10 Å². The number of thiazole rings is 1. The number of aromatic nitrogens is 5. The third-order valence-corrected chi connectivity index (χ3v) is 7.59. The standard InChI is InChI=1S/C31H27N7OS/c1-20-14-16-22(17-15-20)18-32-28-27(29(36-35-28)33-23-10-6-4-7-11-23)30-34-25(19-40-30)26-21(2)37(3)38(31(26)39)24-12-8-5-9-13-24/h4-19H,1-3H3,(H2,33,35,36)/b32-18+. The van der Waals surface area contributed by atoms with Crippen molar-refractivity contribution in [2.45, 2.75) is 13.8 Å². The Morgan fingerprint density at radius 3 is 2.35 bits per heavy atom. The van der Waals surface area contributed by atoms with Crippen molar-refractivity contribution in [2.75, 3.05) is 5.32 Å². The van der Waals surface area contributed by atoms with Gasteiger partial charge in [-0.1, -0.05) is 66.2 Å². The highest BCUT2D eigenvalue weighted by molar-refractivity contribution is 7.13. The molecule has 0 spiro atoms. The number of anilines is 2. The van der Waals surface area contributed by atoms with Crippen LogP contribution in [0.25, 0.3) is 27.5 Å². The Bertz CT molecular complexity index is 1860. The Hall–Kier alpha value is -5.02. The average Bonchev–Trinajstić information content (AvgIpc) is 3.66. The van der Waals surface area contributed by atoms with E-state index in [9.17, 15) is 4.79 Å². The molecule has 3 aromatic heterocycles. The minimum absolute atomic E-state index is 0.115. The zero-order chi connectivity index (χ0) is 27.6. The number of rotatable bonds is 7. The van der Waals surface area contributed by atoms with Crippen molar-refractivity contribution in [3.63, 3.8) is 0 Å². The van der Waals surface area contributed by atoms with Crippen LogP contribution in [0.5, 0.6) is 0 Å². The summed E-state index contributed by atoms with van der Waals surface area (Å²) in [4.78, 5) is 23.3. The highest BCUT2D eigenvalue weighted by Gasteiger charge is 2.23. The first-order chi connectivity index (χ1) is 19.5. The van der Waals surface area contributed by atoms with Crippen molar-refractivity contribution in [2.24, 2.45) is 12.0 Å². The van der Waals surface area contributed by atoms with E-state index in [1.54, 1.807) is 10.9 Å². The van der Waals surface area contributed by atoms with Crippen LogP contribution in [0.2, 0.25) is 0 Å². The molecule has 0 aliphatic rings. The third-order valence-electron chi connectivity index (χ3n) is 6.73. The van der Waals surface area contributed by atoms with Crippen LogP contribution >= 0.6 is 11.3 Å². The molecule has 8 nitrogen and oxygen atoms in total. The van der Waals surface area contributed by atoms with Crippen molar-refractivity contribution in [3.05, 3.63) is 117 Å². The van der Waals surface area contributed by atoms with Gasteiger partial charge in [0.25, 0.3) is 5.56 Å². The van der Waals surface area contributed by atoms with Crippen molar-refractivity contribution in [3.8, 4) is 27.5 Å². The molecule has 3 aromatic carbocycles. The lowest BCUT2D eigenvalue weighted by atomic mass is 10.2. The summed E-state index contributed by atoms with van der Waals surface area (Å²) in [5, 5.41) is 13.6. The summed E-state index contributed by atoms with van der Waals surface area (Å²) in [6.45, 7) is 3.99. The molecule has 0 unspecified atom stereocenters. The fourth-order valence-corrected chi connectivity index (χ4v) is 5.39. The zero-order valence-corrected chi connectivity index (χ0v) is 23.1. The highest BCUT2D eigenvalue weighted by atomic mass is 32.1. The Morgan fingerprint density at radius 2 is 1.62 bits per heavy atom. The second-order valence-electron chi connectivity index (χ2n) is 9.43. The fraction of sp³-hybridized carbons (Fsp3) is 0.0968. The molecule has 0 saturated heterocycles. The number of H-pyrrole nitrogens is 1. The van der Waals surface area contributed by atoms with Crippen LogP contribution in [-0.4, -0.2) is 30.8 Å². The van der Waals surface area contributed by atoms with E-state index in [4.69, 9.17) is 9.98 Å². The Kier molecular flexibility index (Phi) is 6.71. The normalized spacial score (nSPS) is 11.4. The highest BCUT2D eigenvalue weighted by Crippen LogP contribution is 2.39. The van der Waals surface area contributed by atoms with Gasteiger partial charge in [0.05, 0.1) is 22.5 Å². The number of hydrogen-bond donors (Lipinski definition) is 2. The first-order valence-corrected chi connectivity index (χ1v) is 13.7. The lowest BCUT2D eigenvalue weighted by molar-refractivity contribution is 0.630. The largest absolute Gasteiger partial charge is 0.338 e. The number of benzene rings is 3. The van der Waals surface area contributed by atoms with Gasteiger partial charge in [-0.25, -0.2) is 14.7 Å². The Balaban J connectivity index is 1.43. The number of nitrogens with zero attached hydrogens (tertiary/aromatic N) is 5. The summed E-state index contributed by atoms with van der Waals surface area (Å²) in [5.41, 5.74) is 6.50. The lowest BCUT2D eigenvalue weighted by Gasteiger charge is -2.07. The van der Waals surface area contributed by atoms with Gasteiger partial charge >= 0.3 is 0 Å². The van der Waals surface area contributed by atoms with Gasteiger partial charge in [0, 0.05) is 30.0 Å². The summed E-state index contributed by atoms with van der Waals surface area (Å²) in [7, 11) is 1.89. The molecular formula is C31H27N7OS. The van der Waals surface area contributed by atoms with E-state index in [-0.39, 0.29) is 5.56 Å². The predicted molar refractivity (Wildman–Crippen MR) is 163 cm³/mol. The summed E-state index contributed by atoms with van der Waals surface area (Å²) >= 11 is 1.45. The number of hydrogen-bond acceptors (Lipinski definition) is 6. The van der Waals surface area contributed by atoms with Crippen LogP contribution in [0.4, 0.5) is 17.3 Å². The van der Waals surface area contributed by atoms with E-state index in [1.807, 2.05) is 96.8 Å². The fourth-order valence-electron chi connectivity index (χ4n) is 4.54. The number of aromatic amines is 1. The zero-order valence-electron chi connectivity index (χ0n) is 22.3. The summed E-state index contributed by atoms with van der Waals surface area (Å²) in [6.07, 6.45) is 1.80. The molecule has 0 aliphatic carbocycles. The molecule has 0 fully saturated rings. The maximum atomic E-state index is 13.6. The third kappa shape index (κ3) is 4.78. The van der Waals surface area contributed by atoms with Gasteiger partial charge in [0.2, 0.25) is 0 Å². The van der Waals surface area contributed by atoms with Crippen molar-refractivity contribution in [1.29, 1.82) is 0 Å². The van der Waals surface area contributed by atoms with Crippen molar-refractivity contribution >= 4 is 34.9 Å². The van der Waals surface area contributed by atoms with Gasteiger partial charge in [-0.15, -0.1) is 11.3 Å². The second kappa shape index (κ2) is 10.6. The predicted octanol–water partition coefficient (Wildman–Crippen LogP) is 6.80. The minimum atomic E-state index is -0.115. The molecule has 0 saturated carbocycles. The SMILES string of the molecule is Cc1ccc(/C=N/c2[nH]nc(Nc3ccccc3)c2-c2nc(-c3c(C)n(C)n(-c4ccccc4)c3=O)cs2)cc1. The first-order valence-electron chi connectivity index (χ1n) is 12.8. The van der Waals surface area contributed by atoms with Crippen molar-refractivity contribution in [1.82, 2.24) is 24.5 Å². The molecule has 9 heteroatoms. The van der Waals surface area contributed by atoms with E-state index in [1.165, 1.54) is 16.9 Å². The molecule has 198 valence electrons. The summed E-state index contributed by atoms with van der Waals surface area (Å²) in [5.74, 6) is 1.18. The Labute approximate surface area is 235 Å². The van der Waals surface area contributed by atoms with Gasteiger partial charge in [0.1, 0.15) is 5.01 Å². The molecular weight excluding hydrogens is 518 g/mol. The molecule has 6 rings (SSSR count). The molecule has 40 heavy (non-hydrogen) atoms. The molecule has 0 amide bonds. The molecule has 0 atom stereocenters. The topological polar surface area (TPSA) is 92.9 Å². The van der Waals surface area contributed by atoms with Gasteiger partial charge < -0.3 is 5.32 Å². The minimum Gasteiger partial charge on any atom is -0.338 e. The second-order valence-corrected chi connectivity index (χ2v) is 10.3. The van der Waals surface area contributed by atoms with Crippen LogP contribution in [0.3, 0.4) is 0 Å². The number of para-hydroxylation sites is 2. The summed E-state index contributed by atoms with van der Waals surface area (Å²) in [6, 6.07) is 27.6. The lowest BCUT2D eigenvalue weighted by Crippen LogP contribution is -2.20. The van der Waals surface area contributed by atoms with Crippen molar-refractivity contribution < 1.29 is 0 Å². The van der Waals surface area contributed by atoms with Crippen LogP contribution in [0.15, 0.2) is 100 Å². The maximum absolute atomic E-state index is 13.6. The molecule has 6 aromatic rings. The van der Waals surface area contributed by atoms with E-state index in [2.05, 4.69) is 34.6 Å². The molecule has 0 bridgehead atoms. The van der Waals surface area contributed by atoms with Crippen LogP contribution in [-0.2, 0) is 7.05 Å². The maximum Gasteiger partial charge on any atom is 0.281 e. The number of aliphatic imine (C=N–C) groups is 1. The average molecular weight is 546 g/mol. The van der Waals surface area contributed by atoms with Gasteiger partial charge in [0.15, 0.2) is 11.6 Å². The number of nitrogens with one attached hydrogen (secondary N) is 2. The van der Waals surface area contributed by atoms with Gasteiger partial charge in [-0.3, -0.25) is 14.6 Å². The van der Waals surface area contributed by atoms with Gasteiger partial charge in [-0.05, 0) is 43.7 Å². The van der Waals surface area contributed by atoms with Crippen LogP contribution in [0.1, 0.15) is 16.8 Å². The molecule has 0 radical (unpaired) electrons. The molecule has 0 aliphatic heterocycles. The molecule has 2 N–H and O–H groups in total. The van der Waals surface area contributed by atoms with E-state index in [0.717, 1.165) is 28.2 Å². The first kappa shape index (κ1) is 25.3. The molecule has 3 heterocycles. The Morgan fingerprint density at radius 1 is 0.925 bits per heavy atom. The smallest absolute Gasteiger partial charge is 0.281 e.